The Bertz CT molecular complexity index is 544. The fourth-order valence-electron chi connectivity index (χ4n) is 2.91. The van der Waals surface area contributed by atoms with Crippen molar-refractivity contribution in [3.8, 4) is 0 Å². The number of carbonyl (C=O) groups is 1. The Kier molecular flexibility index (Phi) is 11.3. The fourth-order valence-corrected chi connectivity index (χ4v) is 3.93. The average Bonchev–Trinajstić information content (AvgIpc) is 2.61. The van der Waals surface area contributed by atoms with Gasteiger partial charge < -0.3 is 4.90 Å². The second kappa shape index (κ2) is 13.0. The second-order valence-corrected chi connectivity index (χ2v) is 8.07. The van der Waals surface area contributed by atoms with Gasteiger partial charge in [0.05, 0.1) is 0 Å². The number of benzene rings is 1. The molecule has 0 aliphatic rings. The van der Waals surface area contributed by atoms with Crippen LogP contribution in [0.2, 0.25) is 0 Å². The van der Waals surface area contributed by atoms with E-state index in [-0.39, 0.29) is 17.8 Å². The van der Waals surface area contributed by atoms with Crippen molar-refractivity contribution in [3.63, 3.8) is 0 Å². The molecule has 0 spiro atoms. The van der Waals surface area contributed by atoms with Crippen molar-refractivity contribution in [2.45, 2.75) is 59.4 Å². The Labute approximate surface area is 163 Å². The van der Waals surface area contributed by atoms with Gasteiger partial charge in [0.25, 0.3) is 0 Å². The van der Waals surface area contributed by atoms with Crippen LogP contribution < -0.4 is 0 Å². The molecule has 0 heterocycles. The number of hydrogen-bond acceptors (Lipinski definition) is 2. The zero-order chi connectivity index (χ0) is 19.4. The number of thioether (sulfide) groups is 1. The number of hydrogen-bond donors (Lipinski definition) is 0. The summed E-state index contributed by atoms with van der Waals surface area (Å²) in [5.74, 6) is 2.46. The molecule has 4 heteroatoms. The van der Waals surface area contributed by atoms with Gasteiger partial charge in [-0.3, -0.25) is 4.79 Å². The lowest BCUT2D eigenvalue weighted by atomic mass is 9.99. The summed E-state index contributed by atoms with van der Waals surface area (Å²) in [5, 5.41) is 0. The molecule has 1 aromatic carbocycles. The van der Waals surface area contributed by atoms with Crippen LogP contribution in [0.25, 0.3) is 0 Å². The normalized spacial score (nSPS) is 13.7. The first-order valence-electron chi connectivity index (χ1n) is 9.75. The van der Waals surface area contributed by atoms with E-state index in [1.165, 1.54) is 30.7 Å². The van der Waals surface area contributed by atoms with Gasteiger partial charge in [-0.2, -0.15) is 11.8 Å². The Morgan fingerprint density at radius 1 is 1.19 bits per heavy atom. The van der Waals surface area contributed by atoms with Crippen molar-refractivity contribution in [1.82, 2.24) is 4.90 Å². The summed E-state index contributed by atoms with van der Waals surface area (Å²) in [4.78, 5) is 14.1. The molecule has 2 nitrogen and oxygen atoms in total. The van der Waals surface area contributed by atoms with E-state index in [9.17, 15) is 9.18 Å². The first kappa shape index (κ1) is 22.8. The van der Waals surface area contributed by atoms with Gasteiger partial charge in [-0.25, -0.2) is 4.39 Å². The van der Waals surface area contributed by atoms with Gasteiger partial charge in [-0.1, -0.05) is 51.5 Å². The Hall–Kier alpha value is -1.29. The molecular weight excluding hydrogens is 345 g/mol. The highest BCUT2D eigenvalue weighted by molar-refractivity contribution is 7.99. The summed E-state index contributed by atoms with van der Waals surface area (Å²) in [6, 6.07) is 6.84. The zero-order valence-electron chi connectivity index (χ0n) is 16.7. The highest BCUT2D eigenvalue weighted by Crippen LogP contribution is 2.15. The first-order chi connectivity index (χ1) is 12.5. The van der Waals surface area contributed by atoms with Crippen molar-refractivity contribution >= 4 is 17.7 Å². The van der Waals surface area contributed by atoms with E-state index in [2.05, 4.69) is 32.9 Å². The highest BCUT2D eigenvalue weighted by Gasteiger charge is 2.16. The van der Waals surface area contributed by atoms with Crippen molar-refractivity contribution in [2.75, 3.05) is 18.1 Å². The van der Waals surface area contributed by atoms with Gasteiger partial charge in [0, 0.05) is 25.3 Å². The maximum absolute atomic E-state index is 13.0. The van der Waals surface area contributed by atoms with E-state index in [1.807, 2.05) is 28.8 Å². The summed E-state index contributed by atoms with van der Waals surface area (Å²) >= 11 is 1.93. The van der Waals surface area contributed by atoms with Crippen LogP contribution in [0.3, 0.4) is 0 Å². The molecule has 2 atom stereocenters. The van der Waals surface area contributed by atoms with Crippen LogP contribution >= 0.6 is 11.8 Å². The molecule has 146 valence electrons. The molecule has 1 amide bonds. The van der Waals surface area contributed by atoms with Crippen LogP contribution in [-0.4, -0.2) is 34.9 Å². The topological polar surface area (TPSA) is 20.3 Å². The Morgan fingerprint density at radius 2 is 1.88 bits per heavy atom. The van der Waals surface area contributed by atoms with E-state index in [1.54, 1.807) is 6.92 Å². The van der Waals surface area contributed by atoms with Crippen molar-refractivity contribution in [3.05, 3.63) is 47.8 Å². The van der Waals surface area contributed by atoms with E-state index in [0.29, 0.717) is 5.92 Å². The minimum Gasteiger partial charge on any atom is -0.336 e. The summed E-state index contributed by atoms with van der Waals surface area (Å²) < 4.78 is 13.0. The molecule has 26 heavy (non-hydrogen) atoms. The average molecular weight is 380 g/mol. The molecule has 0 N–H and O–H groups in total. The van der Waals surface area contributed by atoms with Crippen molar-refractivity contribution < 1.29 is 9.18 Å². The smallest absolute Gasteiger partial charge is 0.219 e. The molecule has 1 unspecified atom stereocenters. The fraction of sp³-hybridized carbons (Fsp3) is 0.591. The van der Waals surface area contributed by atoms with Crippen LogP contribution in [0.4, 0.5) is 4.39 Å². The summed E-state index contributed by atoms with van der Waals surface area (Å²) in [6.07, 6.45) is 8.61. The van der Waals surface area contributed by atoms with Crippen LogP contribution in [0, 0.1) is 11.7 Å². The zero-order valence-corrected chi connectivity index (χ0v) is 17.5. The van der Waals surface area contributed by atoms with Gasteiger partial charge in [0.2, 0.25) is 5.91 Å². The molecule has 0 radical (unpaired) electrons. The predicted octanol–water partition coefficient (Wildman–Crippen LogP) is 5.72. The Balaban J connectivity index is 2.57. The highest BCUT2D eigenvalue weighted by atomic mass is 32.2. The molecule has 0 saturated carbocycles. The third-order valence-corrected chi connectivity index (χ3v) is 5.52. The van der Waals surface area contributed by atoms with Crippen LogP contribution in [0.1, 0.15) is 52.5 Å². The van der Waals surface area contributed by atoms with E-state index in [4.69, 9.17) is 0 Å². The molecular formula is C22H34FNOS. The number of nitrogens with zero attached hydrogens (tertiary/aromatic N) is 1. The molecule has 0 saturated heterocycles. The Morgan fingerprint density at radius 3 is 2.46 bits per heavy atom. The van der Waals surface area contributed by atoms with Crippen LogP contribution in [-0.2, 0) is 11.2 Å². The maximum atomic E-state index is 13.0. The lowest BCUT2D eigenvalue weighted by Crippen LogP contribution is -2.39. The quantitative estimate of drug-likeness (QED) is 0.342. The third-order valence-electron chi connectivity index (χ3n) is 4.47. The van der Waals surface area contributed by atoms with Gasteiger partial charge in [0.1, 0.15) is 5.82 Å². The SMILES string of the molecule is CCCCSCCN(C(C)=O)C(/C=C/[C@@H](C)Cc1ccc(F)cc1)CC. The number of halogens is 1. The molecule has 1 aromatic rings. The number of unbranched alkanes of at least 4 members (excludes halogenated alkanes) is 1. The van der Waals surface area contributed by atoms with Gasteiger partial charge in [0.15, 0.2) is 0 Å². The van der Waals surface area contributed by atoms with Crippen molar-refractivity contribution in [2.24, 2.45) is 5.92 Å². The summed E-state index contributed by atoms with van der Waals surface area (Å²) in [7, 11) is 0. The standard InChI is InChI=1S/C22H34FNOS/c1-5-7-15-26-16-14-24(19(4)25)22(6-2)13-8-18(3)17-20-9-11-21(23)12-10-20/h8-13,18,22H,5-7,14-17H2,1-4H3/b13-8+/t18-,22?/m1/s1. The minimum absolute atomic E-state index is 0.142. The number of carbonyl (C=O) groups excluding carboxylic acids is 1. The molecule has 0 aromatic heterocycles. The van der Waals surface area contributed by atoms with Crippen molar-refractivity contribution in [1.29, 1.82) is 0 Å². The lowest BCUT2D eigenvalue weighted by molar-refractivity contribution is -0.130. The van der Waals surface area contributed by atoms with Gasteiger partial charge >= 0.3 is 0 Å². The number of rotatable bonds is 12. The predicted molar refractivity (Wildman–Crippen MR) is 112 cm³/mol. The number of allylic oxidation sites excluding steroid dienone is 1. The van der Waals surface area contributed by atoms with Gasteiger partial charge in [-0.15, -0.1) is 0 Å². The first-order valence-corrected chi connectivity index (χ1v) is 10.9. The molecule has 0 fully saturated rings. The molecule has 0 aliphatic heterocycles. The molecule has 0 aliphatic carbocycles. The van der Waals surface area contributed by atoms with Crippen LogP contribution in [0.15, 0.2) is 36.4 Å². The monoisotopic (exact) mass is 379 g/mol. The molecule has 0 bridgehead atoms. The second-order valence-electron chi connectivity index (χ2n) is 6.85. The van der Waals surface area contributed by atoms with Crippen LogP contribution in [0.5, 0.6) is 0 Å². The third kappa shape index (κ3) is 8.88. The number of amides is 1. The molecule has 1 rings (SSSR count). The summed E-state index contributed by atoms with van der Waals surface area (Å²) in [5.41, 5.74) is 1.13. The van der Waals surface area contributed by atoms with E-state index >= 15 is 0 Å². The summed E-state index contributed by atoms with van der Waals surface area (Å²) in [6.45, 7) is 8.95. The largest absolute Gasteiger partial charge is 0.336 e. The maximum Gasteiger partial charge on any atom is 0.219 e. The van der Waals surface area contributed by atoms with E-state index in [0.717, 1.165) is 30.7 Å². The lowest BCUT2D eigenvalue weighted by Gasteiger charge is -2.28. The van der Waals surface area contributed by atoms with E-state index < -0.39 is 0 Å². The minimum atomic E-state index is -0.197. The van der Waals surface area contributed by atoms with Gasteiger partial charge in [-0.05, 0) is 48.6 Å².